The molecule has 0 radical (unpaired) electrons. The third-order valence-electron chi connectivity index (χ3n) is 3.67. The van der Waals surface area contributed by atoms with Crippen molar-refractivity contribution in [2.24, 2.45) is 5.92 Å². The van der Waals surface area contributed by atoms with E-state index >= 15 is 0 Å². The summed E-state index contributed by atoms with van der Waals surface area (Å²) >= 11 is 0. The van der Waals surface area contributed by atoms with E-state index in [0.29, 0.717) is 12.7 Å². The number of nitrogens with one attached hydrogen (secondary N) is 1. The number of aryl methyl sites for hydroxylation is 1. The van der Waals surface area contributed by atoms with Crippen molar-refractivity contribution in [3.05, 3.63) is 17.6 Å². The Morgan fingerprint density at radius 1 is 1.26 bits per heavy atom. The minimum absolute atomic E-state index is 0.392. The first-order valence-corrected chi connectivity index (χ1v) is 7.37. The lowest BCUT2D eigenvalue weighted by Gasteiger charge is -2.26. The first-order valence-electron chi connectivity index (χ1n) is 7.37. The molecule has 0 atom stereocenters. The van der Waals surface area contributed by atoms with Crippen LogP contribution in [0.25, 0.3) is 0 Å². The Bertz CT molecular complexity index is 400. The normalized spacial score (nSPS) is 23.3. The zero-order chi connectivity index (χ0) is 13.7. The summed E-state index contributed by atoms with van der Waals surface area (Å²) in [4.78, 5) is 8.91. The maximum atomic E-state index is 5.95. The molecule has 4 heteroatoms. The molecule has 1 aliphatic carbocycles. The number of rotatable bonds is 5. The van der Waals surface area contributed by atoms with Crippen molar-refractivity contribution in [1.82, 2.24) is 9.97 Å². The van der Waals surface area contributed by atoms with Crippen LogP contribution in [0.2, 0.25) is 0 Å². The average molecular weight is 263 g/mol. The van der Waals surface area contributed by atoms with Gasteiger partial charge in [-0.2, -0.15) is 0 Å². The molecule has 4 nitrogen and oxygen atoms in total. The van der Waals surface area contributed by atoms with Crippen molar-refractivity contribution in [3.63, 3.8) is 0 Å². The Balaban J connectivity index is 1.88. The van der Waals surface area contributed by atoms with Crippen molar-refractivity contribution in [2.45, 2.75) is 59.2 Å². The predicted molar refractivity (Wildman–Crippen MR) is 77.1 cm³/mol. The summed E-state index contributed by atoms with van der Waals surface area (Å²) in [7, 11) is 0. The molecule has 1 aliphatic rings. The van der Waals surface area contributed by atoms with Crippen LogP contribution in [0.5, 0.6) is 0 Å². The highest BCUT2D eigenvalue weighted by atomic mass is 16.5. The molecule has 1 aromatic heterocycles. The highest BCUT2D eigenvalue weighted by molar-refractivity contribution is 5.35. The maximum Gasteiger partial charge on any atom is 0.156 e. The fourth-order valence-corrected chi connectivity index (χ4v) is 2.55. The molecule has 0 aromatic carbocycles. The molecule has 0 aliphatic heterocycles. The van der Waals surface area contributed by atoms with E-state index in [9.17, 15) is 0 Å². The van der Waals surface area contributed by atoms with Crippen LogP contribution in [0.1, 0.15) is 51.0 Å². The highest BCUT2D eigenvalue weighted by Gasteiger charge is 2.18. The number of ether oxygens (including phenoxy) is 1. The standard InChI is InChI=1S/C15H25N3O/c1-4-16-14-9-12(3)17-15(18-14)10-19-13-7-5-11(2)6-8-13/h9,11,13H,4-8,10H2,1-3H3,(H,16,17,18). The van der Waals surface area contributed by atoms with Crippen molar-refractivity contribution < 1.29 is 4.74 Å². The molecule has 1 aromatic rings. The third-order valence-corrected chi connectivity index (χ3v) is 3.67. The van der Waals surface area contributed by atoms with Gasteiger partial charge in [-0.05, 0) is 45.4 Å². The van der Waals surface area contributed by atoms with Gasteiger partial charge in [0.05, 0.1) is 6.10 Å². The van der Waals surface area contributed by atoms with Gasteiger partial charge in [-0.15, -0.1) is 0 Å². The van der Waals surface area contributed by atoms with Gasteiger partial charge in [-0.1, -0.05) is 6.92 Å². The largest absolute Gasteiger partial charge is 0.370 e. The van der Waals surface area contributed by atoms with E-state index in [1.165, 1.54) is 25.7 Å². The summed E-state index contributed by atoms with van der Waals surface area (Å²) in [6.45, 7) is 7.78. The van der Waals surface area contributed by atoms with Crippen LogP contribution >= 0.6 is 0 Å². The lowest BCUT2D eigenvalue weighted by molar-refractivity contribution is 0.00564. The van der Waals surface area contributed by atoms with Gasteiger partial charge in [0.25, 0.3) is 0 Å². The molecular weight excluding hydrogens is 238 g/mol. The van der Waals surface area contributed by atoms with Crippen LogP contribution in [-0.4, -0.2) is 22.6 Å². The first-order chi connectivity index (χ1) is 9.17. The first kappa shape index (κ1) is 14.3. The molecule has 1 N–H and O–H groups in total. The van der Waals surface area contributed by atoms with Gasteiger partial charge in [0.15, 0.2) is 5.82 Å². The molecule has 0 saturated heterocycles. The van der Waals surface area contributed by atoms with Gasteiger partial charge in [0.1, 0.15) is 12.4 Å². The smallest absolute Gasteiger partial charge is 0.156 e. The lowest BCUT2D eigenvalue weighted by Crippen LogP contribution is -2.21. The lowest BCUT2D eigenvalue weighted by atomic mass is 9.89. The molecule has 0 unspecified atom stereocenters. The quantitative estimate of drug-likeness (QED) is 0.885. The van der Waals surface area contributed by atoms with Crippen molar-refractivity contribution in [1.29, 1.82) is 0 Å². The molecule has 0 spiro atoms. The Morgan fingerprint density at radius 3 is 2.68 bits per heavy atom. The summed E-state index contributed by atoms with van der Waals surface area (Å²) in [6.07, 6.45) is 5.30. The van der Waals surface area contributed by atoms with Gasteiger partial charge in [-0.25, -0.2) is 9.97 Å². The van der Waals surface area contributed by atoms with Crippen LogP contribution in [0.15, 0.2) is 6.07 Å². The van der Waals surface area contributed by atoms with Gasteiger partial charge in [0.2, 0.25) is 0 Å². The zero-order valence-corrected chi connectivity index (χ0v) is 12.3. The minimum Gasteiger partial charge on any atom is -0.370 e. The predicted octanol–water partition coefficient (Wildman–Crippen LogP) is 3.31. The number of nitrogens with zero attached hydrogens (tertiary/aromatic N) is 2. The number of hydrogen-bond acceptors (Lipinski definition) is 4. The fraction of sp³-hybridized carbons (Fsp3) is 0.733. The summed E-state index contributed by atoms with van der Waals surface area (Å²) in [5.74, 6) is 2.54. The van der Waals surface area contributed by atoms with E-state index in [1.807, 2.05) is 13.0 Å². The molecule has 0 bridgehead atoms. The molecular formula is C15H25N3O. The Morgan fingerprint density at radius 2 is 2.00 bits per heavy atom. The van der Waals surface area contributed by atoms with Crippen LogP contribution in [0.3, 0.4) is 0 Å². The molecule has 1 heterocycles. The van der Waals surface area contributed by atoms with Gasteiger partial charge in [0, 0.05) is 18.3 Å². The molecule has 106 valence electrons. The number of anilines is 1. The minimum atomic E-state index is 0.392. The van der Waals surface area contributed by atoms with Crippen molar-refractivity contribution in [2.75, 3.05) is 11.9 Å². The van der Waals surface area contributed by atoms with E-state index in [1.54, 1.807) is 0 Å². The van der Waals surface area contributed by atoms with E-state index in [-0.39, 0.29) is 0 Å². The number of aromatic nitrogens is 2. The van der Waals surface area contributed by atoms with Gasteiger partial charge < -0.3 is 10.1 Å². The summed E-state index contributed by atoms with van der Waals surface area (Å²) in [5.41, 5.74) is 0.988. The van der Waals surface area contributed by atoms with Crippen molar-refractivity contribution in [3.8, 4) is 0 Å². The Kier molecular flexibility index (Phi) is 5.14. The second kappa shape index (κ2) is 6.85. The second-order valence-electron chi connectivity index (χ2n) is 5.53. The molecule has 19 heavy (non-hydrogen) atoms. The molecule has 2 rings (SSSR count). The van der Waals surface area contributed by atoms with Crippen LogP contribution in [0, 0.1) is 12.8 Å². The zero-order valence-electron chi connectivity index (χ0n) is 12.3. The van der Waals surface area contributed by atoms with Crippen LogP contribution in [0.4, 0.5) is 5.82 Å². The van der Waals surface area contributed by atoms with E-state index in [2.05, 4.69) is 29.1 Å². The van der Waals surface area contributed by atoms with E-state index in [0.717, 1.165) is 29.8 Å². The van der Waals surface area contributed by atoms with Crippen LogP contribution in [-0.2, 0) is 11.3 Å². The SMILES string of the molecule is CCNc1cc(C)nc(COC2CCC(C)CC2)n1. The fourth-order valence-electron chi connectivity index (χ4n) is 2.55. The van der Waals surface area contributed by atoms with Gasteiger partial charge in [-0.3, -0.25) is 0 Å². The second-order valence-corrected chi connectivity index (χ2v) is 5.53. The topological polar surface area (TPSA) is 47.0 Å². The van der Waals surface area contributed by atoms with E-state index < -0.39 is 0 Å². The molecule has 0 amide bonds. The van der Waals surface area contributed by atoms with E-state index in [4.69, 9.17) is 4.74 Å². The average Bonchev–Trinajstić information content (AvgIpc) is 2.38. The molecule has 1 saturated carbocycles. The monoisotopic (exact) mass is 263 g/mol. The summed E-state index contributed by atoms with van der Waals surface area (Å²) in [6, 6.07) is 1.97. The number of hydrogen-bond donors (Lipinski definition) is 1. The third kappa shape index (κ3) is 4.46. The Labute approximate surface area is 116 Å². The summed E-state index contributed by atoms with van der Waals surface area (Å²) in [5, 5.41) is 3.23. The maximum absolute atomic E-state index is 5.95. The Hall–Kier alpha value is -1.16. The van der Waals surface area contributed by atoms with Crippen LogP contribution < -0.4 is 5.32 Å². The molecule has 1 fully saturated rings. The van der Waals surface area contributed by atoms with Crippen molar-refractivity contribution >= 4 is 5.82 Å². The summed E-state index contributed by atoms with van der Waals surface area (Å²) < 4.78 is 5.95. The van der Waals surface area contributed by atoms with Gasteiger partial charge >= 0.3 is 0 Å². The highest BCUT2D eigenvalue weighted by Crippen LogP contribution is 2.26.